The van der Waals surface area contributed by atoms with Gasteiger partial charge in [0.1, 0.15) is 9.84 Å². The maximum atomic E-state index is 11.3. The predicted molar refractivity (Wildman–Crippen MR) is 91.4 cm³/mol. The molecular weight excluding hydrogens is 282 g/mol. The molecule has 0 heterocycles. The summed E-state index contributed by atoms with van der Waals surface area (Å²) in [6, 6.07) is 0.522. The van der Waals surface area contributed by atoms with Crippen molar-refractivity contribution in [1.82, 2.24) is 5.32 Å². The van der Waals surface area contributed by atoms with Crippen LogP contribution in [0.25, 0.3) is 0 Å². The van der Waals surface area contributed by atoms with Gasteiger partial charge in [0.2, 0.25) is 0 Å². The molecular formula is C17H35NO2S. The van der Waals surface area contributed by atoms with Crippen LogP contribution in [0.1, 0.15) is 71.6 Å². The molecule has 126 valence electrons. The van der Waals surface area contributed by atoms with Crippen LogP contribution >= 0.6 is 0 Å². The first-order chi connectivity index (χ1) is 9.96. The minimum atomic E-state index is -2.81. The first kappa shape index (κ1) is 19.0. The van der Waals surface area contributed by atoms with Crippen LogP contribution in [0.3, 0.4) is 0 Å². The van der Waals surface area contributed by atoms with Crippen molar-refractivity contribution >= 4 is 9.84 Å². The Kier molecular flexibility index (Phi) is 8.88. The zero-order valence-corrected chi connectivity index (χ0v) is 15.1. The fraction of sp³-hybridized carbons (Fsp3) is 1.00. The summed E-state index contributed by atoms with van der Waals surface area (Å²) in [7, 11) is -2.81. The Hall–Kier alpha value is -0.0900. The highest BCUT2D eigenvalue weighted by molar-refractivity contribution is 7.90. The van der Waals surface area contributed by atoms with Gasteiger partial charge in [-0.3, -0.25) is 0 Å². The SMILES string of the molecule is CCCNC(CCCS(C)(=O)=O)C1CCC(CCC)CC1. The Bertz CT molecular complexity index is 359. The zero-order chi connectivity index (χ0) is 15.7. The van der Waals surface area contributed by atoms with E-state index in [4.69, 9.17) is 0 Å². The average molecular weight is 318 g/mol. The van der Waals surface area contributed by atoms with Crippen molar-refractivity contribution in [2.75, 3.05) is 18.6 Å². The molecule has 0 amide bonds. The highest BCUT2D eigenvalue weighted by atomic mass is 32.2. The number of sulfone groups is 1. The Labute approximate surface area is 132 Å². The van der Waals surface area contributed by atoms with Gasteiger partial charge in [0.25, 0.3) is 0 Å². The third-order valence-corrected chi connectivity index (χ3v) is 5.87. The molecule has 0 aromatic heterocycles. The molecule has 4 heteroatoms. The largest absolute Gasteiger partial charge is 0.314 e. The molecule has 1 fully saturated rings. The van der Waals surface area contributed by atoms with Crippen LogP contribution in [-0.2, 0) is 9.84 Å². The lowest BCUT2D eigenvalue weighted by Gasteiger charge is -2.34. The molecule has 21 heavy (non-hydrogen) atoms. The smallest absolute Gasteiger partial charge is 0.147 e. The van der Waals surface area contributed by atoms with E-state index >= 15 is 0 Å². The molecule has 1 aliphatic rings. The highest BCUT2D eigenvalue weighted by Gasteiger charge is 2.26. The van der Waals surface area contributed by atoms with Gasteiger partial charge < -0.3 is 5.32 Å². The molecule has 0 bridgehead atoms. The van der Waals surface area contributed by atoms with Gasteiger partial charge in [0, 0.05) is 18.1 Å². The van der Waals surface area contributed by atoms with Crippen LogP contribution in [0.2, 0.25) is 0 Å². The van der Waals surface area contributed by atoms with Crippen molar-refractivity contribution in [2.45, 2.75) is 77.7 Å². The maximum absolute atomic E-state index is 11.3. The number of hydrogen-bond acceptors (Lipinski definition) is 3. The quantitative estimate of drug-likeness (QED) is 0.667. The molecule has 0 radical (unpaired) electrons. The second-order valence-corrected chi connectivity index (χ2v) is 9.16. The molecule has 0 aromatic carbocycles. The molecule has 1 rings (SSSR count). The van der Waals surface area contributed by atoms with Crippen LogP contribution in [0.15, 0.2) is 0 Å². The first-order valence-electron chi connectivity index (χ1n) is 8.87. The van der Waals surface area contributed by atoms with Crippen LogP contribution in [0.4, 0.5) is 0 Å². The van der Waals surface area contributed by atoms with Gasteiger partial charge in [0.15, 0.2) is 0 Å². The Morgan fingerprint density at radius 1 is 1.10 bits per heavy atom. The summed E-state index contributed by atoms with van der Waals surface area (Å²) in [4.78, 5) is 0. The van der Waals surface area contributed by atoms with Gasteiger partial charge in [-0.05, 0) is 50.5 Å². The van der Waals surface area contributed by atoms with Crippen molar-refractivity contribution in [2.24, 2.45) is 11.8 Å². The summed E-state index contributed by atoms with van der Waals surface area (Å²) in [5.74, 6) is 2.03. The second kappa shape index (κ2) is 9.83. The summed E-state index contributed by atoms with van der Waals surface area (Å²) >= 11 is 0. The van der Waals surface area contributed by atoms with Crippen molar-refractivity contribution in [3.63, 3.8) is 0 Å². The van der Waals surface area contributed by atoms with Crippen LogP contribution in [-0.4, -0.2) is 33.0 Å². The molecule has 0 spiro atoms. The monoisotopic (exact) mass is 317 g/mol. The van der Waals surface area contributed by atoms with E-state index in [0.29, 0.717) is 11.8 Å². The number of hydrogen-bond donors (Lipinski definition) is 1. The van der Waals surface area contributed by atoms with Gasteiger partial charge in [0.05, 0.1) is 0 Å². The maximum Gasteiger partial charge on any atom is 0.147 e. The van der Waals surface area contributed by atoms with E-state index in [0.717, 1.165) is 37.6 Å². The summed E-state index contributed by atoms with van der Waals surface area (Å²) < 4.78 is 22.6. The summed E-state index contributed by atoms with van der Waals surface area (Å²) in [5.41, 5.74) is 0. The minimum Gasteiger partial charge on any atom is -0.314 e. The molecule has 1 atom stereocenters. The number of nitrogens with one attached hydrogen (secondary N) is 1. The molecule has 1 saturated carbocycles. The molecule has 3 nitrogen and oxygen atoms in total. The minimum absolute atomic E-state index is 0.336. The first-order valence-corrected chi connectivity index (χ1v) is 10.9. The zero-order valence-electron chi connectivity index (χ0n) is 14.2. The molecule has 0 aliphatic heterocycles. The van der Waals surface area contributed by atoms with E-state index in [1.165, 1.54) is 44.8 Å². The second-order valence-electron chi connectivity index (χ2n) is 6.90. The van der Waals surface area contributed by atoms with Gasteiger partial charge in [-0.25, -0.2) is 8.42 Å². The fourth-order valence-electron chi connectivity index (χ4n) is 3.69. The number of rotatable bonds is 10. The van der Waals surface area contributed by atoms with Crippen molar-refractivity contribution in [3.05, 3.63) is 0 Å². The Balaban J connectivity index is 2.42. The molecule has 1 aliphatic carbocycles. The molecule has 1 unspecified atom stereocenters. The lowest BCUT2D eigenvalue weighted by Crippen LogP contribution is -2.39. The van der Waals surface area contributed by atoms with Gasteiger partial charge in [-0.1, -0.05) is 39.5 Å². The summed E-state index contributed by atoms with van der Waals surface area (Å²) in [6.45, 7) is 5.53. The molecule has 0 saturated heterocycles. The van der Waals surface area contributed by atoms with Gasteiger partial charge >= 0.3 is 0 Å². The Morgan fingerprint density at radius 3 is 2.29 bits per heavy atom. The van der Waals surface area contributed by atoms with Crippen LogP contribution in [0.5, 0.6) is 0 Å². The lowest BCUT2D eigenvalue weighted by atomic mass is 9.76. The van der Waals surface area contributed by atoms with Crippen LogP contribution in [0, 0.1) is 11.8 Å². The third kappa shape index (κ3) is 8.20. The van der Waals surface area contributed by atoms with Gasteiger partial charge in [-0.15, -0.1) is 0 Å². The van der Waals surface area contributed by atoms with E-state index in [1.54, 1.807) is 0 Å². The fourth-order valence-corrected chi connectivity index (χ4v) is 4.38. The molecule has 0 aromatic rings. The Morgan fingerprint density at radius 2 is 1.76 bits per heavy atom. The summed E-state index contributed by atoms with van der Waals surface area (Å²) in [6.07, 6.45) is 12.4. The van der Waals surface area contributed by atoms with E-state index in [-0.39, 0.29) is 0 Å². The van der Waals surface area contributed by atoms with Crippen LogP contribution < -0.4 is 5.32 Å². The standard InChI is InChI=1S/C17H35NO2S/c1-4-7-15-9-11-16(12-10-15)17(18-13-5-2)8-6-14-21(3,19)20/h15-18H,4-14H2,1-3H3. The molecule has 1 N–H and O–H groups in total. The normalized spacial score (nSPS) is 24.9. The summed E-state index contributed by atoms with van der Waals surface area (Å²) in [5, 5.41) is 3.68. The highest BCUT2D eigenvalue weighted by Crippen LogP contribution is 2.34. The van der Waals surface area contributed by atoms with Crippen molar-refractivity contribution in [1.29, 1.82) is 0 Å². The van der Waals surface area contributed by atoms with Crippen molar-refractivity contribution in [3.8, 4) is 0 Å². The van der Waals surface area contributed by atoms with E-state index in [9.17, 15) is 8.42 Å². The third-order valence-electron chi connectivity index (χ3n) is 4.84. The van der Waals surface area contributed by atoms with E-state index in [2.05, 4.69) is 19.2 Å². The lowest BCUT2D eigenvalue weighted by molar-refractivity contribution is 0.206. The topological polar surface area (TPSA) is 46.2 Å². The van der Waals surface area contributed by atoms with Crippen molar-refractivity contribution < 1.29 is 8.42 Å². The predicted octanol–water partition coefficient (Wildman–Crippen LogP) is 3.79. The average Bonchev–Trinajstić information content (AvgIpc) is 2.43. The van der Waals surface area contributed by atoms with E-state index < -0.39 is 9.84 Å². The van der Waals surface area contributed by atoms with E-state index in [1.807, 2.05) is 0 Å². The van der Waals surface area contributed by atoms with Gasteiger partial charge in [-0.2, -0.15) is 0 Å².